The van der Waals surface area contributed by atoms with Crippen LogP contribution in [0.3, 0.4) is 0 Å². The van der Waals surface area contributed by atoms with E-state index in [1.807, 2.05) is 37.3 Å². The third-order valence-electron chi connectivity index (χ3n) is 2.77. The van der Waals surface area contributed by atoms with Crippen molar-refractivity contribution in [3.63, 3.8) is 0 Å². The molecule has 4 nitrogen and oxygen atoms in total. The van der Waals surface area contributed by atoms with Crippen LogP contribution in [0, 0.1) is 18.3 Å². The number of anilines is 1. The van der Waals surface area contributed by atoms with Gasteiger partial charge in [0.15, 0.2) is 0 Å². The topological polar surface area (TPSA) is 70.0 Å². The fourth-order valence-electron chi connectivity index (χ4n) is 1.70. The molecule has 2 rings (SSSR count). The van der Waals surface area contributed by atoms with E-state index in [1.54, 1.807) is 18.2 Å². The second-order valence-corrected chi connectivity index (χ2v) is 6.12. The van der Waals surface area contributed by atoms with Crippen molar-refractivity contribution in [2.75, 3.05) is 4.72 Å². The van der Waals surface area contributed by atoms with E-state index < -0.39 is 10.0 Å². The van der Waals surface area contributed by atoms with E-state index in [9.17, 15) is 8.42 Å². The lowest BCUT2D eigenvalue weighted by Gasteiger charge is -2.04. The second-order valence-electron chi connectivity index (χ2n) is 4.55. The Morgan fingerprint density at radius 2 is 1.86 bits per heavy atom. The van der Waals surface area contributed by atoms with Gasteiger partial charge < -0.3 is 0 Å². The summed E-state index contributed by atoms with van der Waals surface area (Å²) >= 11 is 0. The Kier molecular flexibility index (Phi) is 4.41. The largest absolute Gasteiger partial charge is 0.280 e. The van der Waals surface area contributed by atoms with Crippen LogP contribution in [0.2, 0.25) is 0 Å². The molecule has 2 aromatic carbocycles. The van der Waals surface area contributed by atoms with E-state index >= 15 is 0 Å². The zero-order valence-electron chi connectivity index (χ0n) is 11.4. The van der Waals surface area contributed by atoms with E-state index in [0.717, 1.165) is 16.5 Å². The molecule has 0 heterocycles. The number of hydrogen-bond donors (Lipinski definition) is 1. The smallest absolute Gasteiger partial charge is 0.255 e. The van der Waals surface area contributed by atoms with Gasteiger partial charge in [-0.3, -0.25) is 4.72 Å². The lowest BCUT2D eigenvalue weighted by molar-refractivity contribution is 0.609. The summed E-state index contributed by atoms with van der Waals surface area (Å²) in [7, 11) is -3.61. The number of hydrogen-bond acceptors (Lipinski definition) is 3. The summed E-state index contributed by atoms with van der Waals surface area (Å²) in [5, 5.41) is 9.90. The Balaban J connectivity index is 2.15. The highest BCUT2D eigenvalue weighted by molar-refractivity contribution is 7.95. The average molecular weight is 298 g/mol. The van der Waals surface area contributed by atoms with Gasteiger partial charge in [0.1, 0.15) is 0 Å². The zero-order chi connectivity index (χ0) is 15.3. The van der Waals surface area contributed by atoms with Crippen molar-refractivity contribution in [3.05, 3.63) is 70.6 Å². The fraction of sp³-hybridized carbons (Fsp3) is 0.0625. The van der Waals surface area contributed by atoms with Gasteiger partial charge in [0, 0.05) is 0 Å². The van der Waals surface area contributed by atoms with Crippen LogP contribution in [0.5, 0.6) is 0 Å². The van der Waals surface area contributed by atoms with Crippen LogP contribution in [0.1, 0.15) is 16.7 Å². The molecule has 0 aliphatic heterocycles. The summed E-state index contributed by atoms with van der Waals surface area (Å²) in [4.78, 5) is 0. The summed E-state index contributed by atoms with van der Waals surface area (Å²) in [5.74, 6) is 0. The van der Waals surface area contributed by atoms with Crippen LogP contribution >= 0.6 is 0 Å². The molecule has 0 amide bonds. The Bertz CT molecular complexity index is 801. The lowest BCUT2D eigenvalue weighted by Crippen LogP contribution is -2.08. The predicted molar refractivity (Wildman–Crippen MR) is 83.9 cm³/mol. The summed E-state index contributed by atoms with van der Waals surface area (Å²) in [5.41, 5.74) is 2.68. The Labute approximate surface area is 124 Å². The number of benzene rings is 2. The highest BCUT2D eigenvalue weighted by Gasteiger charge is 2.06. The average Bonchev–Trinajstić information content (AvgIpc) is 2.46. The van der Waals surface area contributed by atoms with Crippen molar-refractivity contribution in [1.82, 2.24) is 0 Å². The lowest BCUT2D eigenvalue weighted by atomic mass is 10.2. The van der Waals surface area contributed by atoms with Gasteiger partial charge in [0.25, 0.3) is 10.0 Å². The Morgan fingerprint density at radius 3 is 2.52 bits per heavy atom. The molecule has 5 heteroatoms. The minimum atomic E-state index is -3.61. The molecule has 2 aromatic rings. The number of aryl methyl sites for hydroxylation is 1. The van der Waals surface area contributed by atoms with Crippen molar-refractivity contribution in [3.8, 4) is 6.07 Å². The number of nitrogens with zero attached hydrogens (tertiary/aromatic N) is 1. The number of nitriles is 1. The molecule has 0 aliphatic rings. The molecule has 0 bridgehead atoms. The van der Waals surface area contributed by atoms with Gasteiger partial charge in [-0.05, 0) is 36.8 Å². The highest BCUT2D eigenvalue weighted by atomic mass is 32.2. The minimum Gasteiger partial charge on any atom is -0.280 e. The maximum absolute atomic E-state index is 12.0. The van der Waals surface area contributed by atoms with Crippen LogP contribution in [0.25, 0.3) is 6.08 Å². The van der Waals surface area contributed by atoms with Crippen molar-refractivity contribution < 1.29 is 8.42 Å². The molecule has 0 aromatic heterocycles. The molecule has 0 saturated carbocycles. The molecule has 0 radical (unpaired) electrons. The van der Waals surface area contributed by atoms with Gasteiger partial charge in [0.05, 0.1) is 22.7 Å². The van der Waals surface area contributed by atoms with Gasteiger partial charge in [0.2, 0.25) is 0 Å². The highest BCUT2D eigenvalue weighted by Crippen LogP contribution is 2.13. The minimum absolute atomic E-state index is 0.364. The predicted octanol–water partition coefficient (Wildman–Crippen LogP) is 3.28. The van der Waals surface area contributed by atoms with E-state index in [2.05, 4.69) is 4.72 Å². The molecule has 1 N–H and O–H groups in total. The molecule has 0 aliphatic carbocycles. The number of sulfonamides is 1. The van der Waals surface area contributed by atoms with Gasteiger partial charge in [-0.15, -0.1) is 0 Å². The van der Waals surface area contributed by atoms with Gasteiger partial charge in [-0.1, -0.05) is 35.9 Å². The molecule has 0 spiro atoms. The standard InChI is InChI=1S/C16H14N2O2S/c1-13-5-7-14(8-6-13)9-10-21(19,20)18-16-4-2-3-15(11-16)12-17/h2-11,18H,1H3/b10-9+. The summed E-state index contributed by atoms with van der Waals surface area (Å²) < 4.78 is 26.3. The van der Waals surface area contributed by atoms with E-state index in [4.69, 9.17) is 5.26 Å². The first-order chi connectivity index (χ1) is 9.98. The summed E-state index contributed by atoms with van der Waals surface area (Å²) in [6.45, 7) is 1.97. The monoisotopic (exact) mass is 298 g/mol. The first kappa shape index (κ1) is 14.8. The number of nitrogens with one attached hydrogen (secondary N) is 1. The third kappa shape index (κ3) is 4.48. The van der Waals surface area contributed by atoms with E-state index in [-0.39, 0.29) is 0 Å². The Morgan fingerprint density at radius 1 is 1.14 bits per heavy atom. The molecular formula is C16H14N2O2S. The van der Waals surface area contributed by atoms with Gasteiger partial charge in [-0.2, -0.15) is 5.26 Å². The zero-order valence-corrected chi connectivity index (χ0v) is 12.3. The number of rotatable bonds is 4. The molecular weight excluding hydrogens is 284 g/mol. The summed E-state index contributed by atoms with van der Waals surface area (Å²) in [6, 6.07) is 15.8. The first-order valence-corrected chi connectivity index (χ1v) is 7.81. The first-order valence-electron chi connectivity index (χ1n) is 6.26. The van der Waals surface area contributed by atoms with Crippen LogP contribution in [0.15, 0.2) is 53.9 Å². The molecule has 0 atom stereocenters. The van der Waals surface area contributed by atoms with Crippen molar-refractivity contribution in [2.45, 2.75) is 6.92 Å². The fourth-order valence-corrected chi connectivity index (χ4v) is 2.56. The maximum atomic E-state index is 12.0. The van der Waals surface area contributed by atoms with Crippen molar-refractivity contribution >= 4 is 21.8 Å². The van der Waals surface area contributed by atoms with Crippen LogP contribution in [-0.4, -0.2) is 8.42 Å². The SMILES string of the molecule is Cc1ccc(/C=C/S(=O)(=O)Nc2cccc(C#N)c2)cc1. The molecule has 0 fully saturated rings. The second kappa shape index (κ2) is 6.25. The molecule has 106 valence electrons. The molecule has 0 saturated heterocycles. The molecule has 0 unspecified atom stereocenters. The van der Waals surface area contributed by atoms with Gasteiger partial charge >= 0.3 is 0 Å². The van der Waals surface area contributed by atoms with E-state index in [1.165, 1.54) is 12.1 Å². The summed E-state index contributed by atoms with van der Waals surface area (Å²) in [6.07, 6.45) is 1.52. The third-order valence-corrected chi connectivity index (χ3v) is 3.78. The van der Waals surface area contributed by atoms with Crippen LogP contribution in [-0.2, 0) is 10.0 Å². The van der Waals surface area contributed by atoms with Crippen LogP contribution in [0.4, 0.5) is 5.69 Å². The van der Waals surface area contributed by atoms with E-state index in [0.29, 0.717) is 11.3 Å². The van der Waals surface area contributed by atoms with Crippen molar-refractivity contribution in [2.24, 2.45) is 0 Å². The van der Waals surface area contributed by atoms with Crippen LogP contribution < -0.4 is 4.72 Å². The normalized spacial score (nSPS) is 11.2. The maximum Gasteiger partial charge on any atom is 0.255 e. The quantitative estimate of drug-likeness (QED) is 0.941. The Hall–Kier alpha value is -2.58. The van der Waals surface area contributed by atoms with Gasteiger partial charge in [-0.25, -0.2) is 8.42 Å². The molecule has 21 heavy (non-hydrogen) atoms. The van der Waals surface area contributed by atoms with Crippen molar-refractivity contribution in [1.29, 1.82) is 5.26 Å².